The molecule has 0 amide bonds. The van der Waals surface area contributed by atoms with Crippen LogP contribution in [0.15, 0.2) is 48.7 Å². The third-order valence-corrected chi connectivity index (χ3v) is 4.72. The highest BCUT2D eigenvalue weighted by atomic mass is 19.1. The average molecular weight is 452 g/mol. The molecule has 0 bridgehead atoms. The Labute approximate surface area is 200 Å². The SMILES string of the molecule is [2H]/C(=C\C([2H])([2H])N(C)C)C(=O)Cc1cc2c(Nc3ccc(F)c(C)c3)c(C#N)cnc2cc1OC([2H])([2H])C. The second-order valence-corrected chi connectivity index (χ2v) is 7.44. The number of aryl methyl sites for hydroxylation is 1. The van der Waals surface area contributed by atoms with E-state index < -0.39 is 31.3 Å². The van der Waals surface area contributed by atoms with Crippen molar-refractivity contribution in [3.8, 4) is 11.8 Å². The lowest BCUT2D eigenvalue weighted by atomic mass is 10.0. The number of fused-ring (bicyclic) bond motifs is 1. The molecular weight excluding hydrogens is 419 g/mol. The summed E-state index contributed by atoms with van der Waals surface area (Å²) < 4.78 is 59.0. The van der Waals surface area contributed by atoms with Crippen LogP contribution in [0.3, 0.4) is 0 Å². The minimum Gasteiger partial charge on any atom is -0.494 e. The number of ketones is 1. The molecule has 0 aliphatic heterocycles. The van der Waals surface area contributed by atoms with E-state index in [2.05, 4.69) is 16.4 Å². The van der Waals surface area contributed by atoms with E-state index in [9.17, 15) is 14.4 Å². The highest BCUT2D eigenvalue weighted by Gasteiger charge is 2.16. The van der Waals surface area contributed by atoms with Gasteiger partial charge in [0.15, 0.2) is 5.78 Å². The number of likely N-dealkylation sites (N-methyl/N-ethyl adjacent to an activating group) is 1. The number of carbonyl (C=O) groups is 1. The lowest BCUT2D eigenvalue weighted by Crippen LogP contribution is -2.11. The van der Waals surface area contributed by atoms with Crippen LogP contribution in [0.2, 0.25) is 0 Å². The second-order valence-electron chi connectivity index (χ2n) is 7.44. The van der Waals surface area contributed by atoms with Gasteiger partial charge in [0.2, 0.25) is 0 Å². The fourth-order valence-electron chi connectivity index (χ4n) is 3.16. The number of aromatic nitrogens is 1. The van der Waals surface area contributed by atoms with E-state index in [1.54, 1.807) is 13.0 Å². The molecule has 6 nitrogen and oxygen atoms in total. The molecule has 0 atom stereocenters. The maximum absolute atomic E-state index is 13.8. The van der Waals surface area contributed by atoms with E-state index in [0.717, 1.165) is 6.08 Å². The number of rotatable bonds is 9. The van der Waals surface area contributed by atoms with E-state index >= 15 is 0 Å². The normalized spacial score (nSPS) is 14.6. The summed E-state index contributed by atoms with van der Waals surface area (Å²) in [7, 11) is 2.95. The largest absolute Gasteiger partial charge is 0.494 e. The average Bonchev–Trinajstić information content (AvgIpc) is 2.80. The van der Waals surface area contributed by atoms with Crippen molar-refractivity contribution in [3.63, 3.8) is 0 Å². The van der Waals surface area contributed by atoms with Crippen molar-refractivity contribution in [1.82, 2.24) is 9.88 Å². The molecule has 2 aromatic carbocycles. The topological polar surface area (TPSA) is 78.3 Å². The summed E-state index contributed by atoms with van der Waals surface area (Å²) in [5.74, 6) is -1.09. The van der Waals surface area contributed by atoms with Crippen LogP contribution >= 0.6 is 0 Å². The number of pyridine rings is 1. The number of nitriles is 1. The molecule has 1 heterocycles. The highest BCUT2D eigenvalue weighted by Crippen LogP contribution is 2.34. The summed E-state index contributed by atoms with van der Waals surface area (Å²) in [4.78, 5) is 18.4. The van der Waals surface area contributed by atoms with Crippen LogP contribution in [0.4, 0.5) is 15.8 Å². The zero-order chi connectivity index (χ0) is 28.4. The molecule has 7 heteroatoms. The van der Waals surface area contributed by atoms with Gasteiger partial charge in [-0.25, -0.2) is 4.39 Å². The van der Waals surface area contributed by atoms with Crippen LogP contribution in [-0.4, -0.2) is 42.8 Å². The molecule has 0 spiro atoms. The van der Waals surface area contributed by atoms with Crippen molar-refractivity contribution < 1.29 is 20.8 Å². The summed E-state index contributed by atoms with van der Waals surface area (Å²) in [6.07, 6.45) is 1.84. The summed E-state index contributed by atoms with van der Waals surface area (Å²) in [5.41, 5.74) is 1.98. The molecule has 1 N–H and O–H groups in total. The van der Waals surface area contributed by atoms with Crippen LogP contribution in [0.1, 0.15) is 30.5 Å². The summed E-state index contributed by atoms with van der Waals surface area (Å²) >= 11 is 0. The first-order chi connectivity index (χ1) is 17.6. The van der Waals surface area contributed by atoms with Gasteiger partial charge in [-0.3, -0.25) is 9.78 Å². The summed E-state index contributed by atoms with van der Waals surface area (Å²) in [5, 5.41) is 13.2. The van der Waals surface area contributed by atoms with Crippen LogP contribution in [0.5, 0.6) is 5.75 Å². The van der Waals surface area contributed by atoms with Gasteiger partial charge < -0.3 is 15.0 Å². The predicted octanol–water partition coefficient (Wildman–Crippen LogP) is 4.93. The van der Waals surface area contributed by atoms with Crippen LogP contribution in [0, 0.1) is 24.1 Å². The molecule has 0 aliphatic carbocycles. The number of nitrogens with zero attached hydrogens (tertiary/aromatic N) is 3. The molecule has 0 saturated heterocycles. The number of halogens is 1. The van der Waals surface area contributed by atoms with Crippen molar-refractivity contribution in [2.75, 3.05) is 32.5 Å². The van der Waals surface area contributed by atoms with Crippen molar-refractivity contribution in [2.24, 2.45) is 0 Å². The van der Waals surface area contributed by atoms with Crippen molar-refractivity contribution in [3.05, 3.63) is 71.2 Å². The van der Waals surface area contributed by atoms with E-state index in [1.165, 1.54) is 56.4 Å². The van der Waals surface area contributed by atoms with Gasteiger partial charge in [0.25, 0.3) is 0 Å². The number of anilines is 2. The Balaban J connectivity index is 2.16. The number of benzene rings is 2. The smallest absolute Gasteiger partial charge is 0.159 e. The minimum absolute atomic E-state index is 0.0163. The maximum Gasteiger partial charge on any atom is 0.159 e. The highest BCUT2D eigenvalue weighted by molar-refractivity contribution is 5.98. The number of nitrogens with one attached hydrogen (secondary N) is 1. The molecular formula is C26H27FN4O2. The molecule has 0 fully saturated rings. The van der Waals surface area contributed by atoms with Gasteiger partial charge >= 0.3 is 0 Å². The van der Waals surface area contributed by atoms with Crippen molar-refractivity contribution >= 4 is 28.1 Å². The van der Waals surface area contributed by atoms with Crippen LogP contribution < -0.4 is 10.1 Å². The molecule has 33 heavy (non-hydrogen) atoms. The first-order valence-electron chi connectivity index (χ1n) is 12.6. The number of allylic oxidation sites excluding steroid dienone is 1. The van der Waals surface area contributed by atoms with Crippen LogP contribution in [0.25, 0.3) is 10.9 Å². The Hall–Kier alpha value is -3.76. The maximum atomic E-state index is 13.8. The first kappa shape index (κ1) is 17.8. The molecule has 0 aliphatic rings. The van der Waals surface area contributed by atoms with Gasteiger partial charge in [0.05, 0.1) is 27.4 Å². The molecule has 3 rings (SSSR count). The molecule has 0 radical (unpaired) electrons. The Morgan fingerprint density at radius 2 is 2.18 bits per heavy atom. The molecule has 170 valence electrons. The quantitative estimate of drug-likeness (QED) is 0.465. The van der Waals surface area contributed by atoms with Crippen LogP contribution in [-0.2, 0) is 11.2 Å². The number of carbonyl (C=O) groups excluding carboxylic acids is 1. The molecule has 3 aromatic rings. The Bertz CT molecular complexity index is 1460. The fraction of sp³-hybridized carbons (Fsp3) is 0.269. The monoisotopic (exact) mass is 451 g/mol. The summed E-state index contributed by atoms with van der Waals surface area (Å²) in [6.45, 7) is -1.34. The minimum atomic E-state index is -2.10. The van der Waals surface area contributed by atoms with E-state index in [0.29, 0.717) is 27.8 Å². The fourth-order valence-corrected chi connectivity index (χ4v) is 3.16. The van der Waals surface area contributed by atoms with Gasteiger partial charge in [-0.2, -0.15) is 5.26 Å². The van der Waals surface area contributed by atoms with Gasteiger partial charge in [-0.1, -0.05) is 6.08 Å². The van der Waals surface area contributed by atoms with E-state index in [-0.39, 0.29) is 22.7 Å². The zero-order valence-corrected chi connectivity index (χ0v) is 18.8. The Morgan fingerprint density at radius 1 is 1.39 bits per heavy atom. The lowest BCUT2D eigenvalue weighted by molar-refractivity contribution is -0.114. The molecule has 0 unspecified atom stereocenters. The first-order valence-corrected chi connectivity index (χ1v) is 10.1. The molecule has 1 aromatic heterocycles. The van der Waals surface area contributed by atoms with Crippen molar-refractivity contribution in [2.45, 2.75) is 20.3 Å². The van der Waals surface area contributed by atoms with Gasteiger partial charge in [0, 0.05) is 44.6 Å². The Kier molecular flexibility index (Phi) is 5.76. The zero-order valence-electron chi connectivity index (χ0n) is 23.8. The van der Waals surface area contributed by atoms with Gasteiger partial charge in [-0.05, 0) is 63.8 Å². The number of ether oxygens (including phenoxy) is 1. The summed E-state index contributed by atoms with van der Waals surface area (Å²) in [6, 6.07) is 8.84. The third-order valence-electron chi connectivity index (χ3n) is 4.72. The van der Waals surface area contributed by atoms with Gasteiger partial charge in [-0.15, -0.1) is 0 Å². The van der Waals surface area contributed by atoms with Gasteiger partial charge in [0.1, 0.15) is 17.6 Å². The number of hydrogen-bond acceptors (Lipinski definition) is 6. The third kappa shape index (κ3) is 5.93. The van der Waals surface area contributed by atoms with E-state index in [4.69, 9.17) is 11.6 Å². The number of hydrogen-bond donors (Lipinski definition) is 1. The van der Waals surface area contributed by atoms with Crippen molar-refractivity contribution in [1.29, 1.82) is 5.26 Å². The standard InChI is InChI=1S/C26H27FN4O2/c1-5-33-25-14-24-22(13-18(25)12-21(32)7-6-10-31(3)4)26(19(15-28)16-29-24)30-20-8-9-23(27)17(2)11-20/h6-9,11,13-14,16H,5,10,12H2,1-4H3,(H,29,30)/b7-6+/i5D2,7D,10D2. The lowest BCUT2D eigenvalue weighted by Gasteiger charge is -2.15. The molecule has 0 saturated carbocycles. The Morgan fingerprint density at radius 3 is 2.85 bits per heavy atom. The van der Waals surface area contributed by atoms with E-state index in [1.807, 2.05) is 0 Å². The predicted molar refractivity (Wildman–Crippen MR) is 128 cm³/mol. The second kappa shape index (κ2) is 10.7.